The van der Waals surface area contributed by atoms with E-state index in [-0.39, 0.29) is 18.1 Å². The van der Waals surface area contributed by atoms with E-state index in [0.29, 0.717) is 6.42 Å². The summed E-state index contributed by atoms with van der Waals surface area (Å²) in [7, 11) is -3.33. The molecule has 0 rings (SSSR count). The van der Waals surface area contributed by atoms with Crippen molar-refractivity contribution in [2.24, 2.45) is 5.41 Å². The molecule has 0 aromatic carbocycles. The Balaban J connectivity index is 5.09. The lowest BCUT2D eigenvalue weighted by molar-refractivity contribution is 0.111. The van der Waals surface area contributed by atoms with Crippen molar-refractivity contribution >= 4 is 10.0 Å². The number of sulfonamides is 1. The van der Waals surface area contributed by atoms with Gasteiger partial charge in [0.2, 0.25) is 10.0 Å². The molecule has 0 fully saturated rings. The fraction of sp³-hybridized carbons (Fsp3) is 1.00. The van der Waals surface area contributed by atoms with Gasteiger partial charge < -0.3 is 5.11 Å². The molecule has 110 valence electrons. The summed E-state index contributed by atoms with van der Waals surface area (Å²) in [5.74, 6) is 0. The number of aliphatic hydroxyl groups is 1. The SMILES string of the molecule is CC(C)(C)CCC(CO)N(C(C)(C)C)S(C)(=O)=O. The average molecular weight is 279 g/mol. The summed E-state index contributed by atoms with van der Waals surface area (Å²) in [6.45, 7) is 11.8. The molecule has 18 heavy (non-hydrogen) atoms. The highest BCUT2D eigenvalue weighted by Crippen LogP contribution is 2.28. The van der Waals surface area contributed by atoms with Crippen LogP contribution >= 0.6 is 0 Å². The van der Waals surface area contributed by atoms with Gasteiger partial charge in [-0.3, -0.25) is 0 Å². The second-order valence-corrected chi connectivity index (χ2v) is 9.02. The van der Waals surface area contributed by atoms with Crippen molar-refractivity contribution in [3.63, 3.8) is 0 Å². The third-order valence-electron chi connectivity index (χ3n) is 2.79. The van der Waals surface area contributed by atoms with Crippen LogP contribution in [0.5, 0.6) is 0 Å². The van der Waals surface area contributed by atoms with Crippen LogP contribution in [0.2, 0.25) is 0 Å². The molecule has 4 nitrogen and oxygen atoms in total. The van der Waals surface area contributed by atoms with Gasteiger partial charge in [0.25, 0.3) is 0 Å². The topological polar surface area (TPSA) is 57.6 Å². The lowest BCUT2D eigenvalue weighted by Crippen LogP contribution is -2.52. The van der Waals surface area contributed by atoms with Gasteiger partial charge >= 0.3 is 0 Å². The van der Waals surface area contributed by atoms with Crippen LogP contribution in [0.25, 0.3) is 0 Å². The third kappa shape index (κ3) is 6.16. The molecular weight excluding hydrogens is 250 g/mol. The highest BCUT2D eigenvalue weighted by atomic mass is 32.2. The third-order valence-corrected chi connectivity index (χ3v) is 4.35. The normalized spacial score (nSPS) is 16.1. The Morgan fingerprint density at radius 2 is 1.56 bits per heavy atom. The lowest BCUT2D eigenvalue weighted by atomic mass is 9.88. The first-order valence-corrected chi connectivity index (χ1v) is 8.24. The second kappa shape index (κ2) is 5.88. The van der Waals surface area contributed by atoms with E-state index in [0.717, 1.165) is 6.42 Å². The molecule has 0 saturated heterocycles. The van der Waals surface area contributed by atoms with E-state index in [1.165, 1.54) is 10.6 Å². The summed E-state index contributed by atoms with van der Waals surface area (Å²) in [6.07, 6.45) is 2.75. The molecule has 0 saturated carbocycles. The lowest BCUT2D eigenvalue weighted by Gasteiger charge is -2.39. The van der Waals surface area contributed by atoms with E-state index in [1.807, 2.05) is 20.8 Å². The summed E-state index contributed by atoms with van der Waals surface area (Å²) >= 11 is 0. The Bertz CT molecular complexity index is 349. The molecule has 0 aromatic heterocycles. The average Bonchev–Trinajstić information content (AvgIpc) is 2.05. The van der Waals surface area contributed by atoms with Gasteiger partial charge in [0.05, 0.1) is 12.9 Å². The van der Waals surface area contributed by atoms with Crippen molar-refractivity contribution in [1.29, 1.82) is 0 Å². The molecule has 5 heteroatoms. The standard InChI is InChI=1S/C13H29NO3S/c1-12(2,3)9-8-11(10-15)14(13(4,5)6)18(7,16)17/h11,15H,8-10H2,1-7H3. The van der Waals surface area contributed by atoms with Crippen molar-refractivity contribution in [2.45, 2.75) is 66.0 Å². The van der Waals surface area contributed by atoms with Crippen LogP contribution < -0.4 is 0 Å². The van der Waals surface area contributed by atoms with Crippen LogP contribution in [-0.4, -0.2) is 42.3 Å². The molecular formula is C13H29NO3S. The highest BCUT2D eigenvalue weighted by molar-refractivity contribution is 7.88. The minimum absolute atomic E-state index is 0.133. The molecule has 1 unspecified atom stereocenters. The molecule has 0 aliphatic carbocycles. The Kier molecular flexibility index (Phi) is 5.84. The molecule has 0 spiro atoms. The predicted molar refractivity (Wildman–Crippen MR) is 76.0 cm³/mol. The van der Waals surface area contributed by atoms with Crippen molar-refractivity contribution in [1.82, 2.24) is 4.31 Å². The van der Waals surface area contributed by atoms with E-state index >= 15 is 0 Å². The number of hydrogen-bond acceptors (Lipinski definition) is 3. The van der Waals surface area contributed by atoms with Crippen molar-refractivity contribution < 1.29 is 13.5 Å². The van der Waals surface area contributed by atoms with Gasteiger partial charge in [-0.2, -0.15) is 4.31 Å². The Morgan fingerprint density at radius 3 is 1.78 bits per heavy atom. The van der Waals surface area contributed by atoms with Gasteiger partial charge in [0.1, 0.15) is 0 Å². The van der Waals surface area contributed by atoms with Crippen LogP contribution in [0.15, 0.2) is 0 Å². The molecule has 0 bridgehead atoms. The van der Waals surface area contributed by atoms with Crippen LogP contribution in [0.3, 0.4) is 0 Å². The summed E-state index contributed by atoms with van der Waals surface area (Å²) in [5.41, 5.74) is -0.382. The molecule has 0 radical (unpaired) electrons. The first-order chi connectivity index (χ1) is 7.79. The fourth-order valence-electron chi connectivity index (χ4n) is 2.20. The number of hydrogen-bond donors (Lipinski definition) is 1. The molecule has 1 atom stereocenters. The summed E-state index contributed by atoms with van der Waals surface area (Å²) < 4.78 is 25.3. The zero-order valence-electron chi connectivity index (χ0n) is 12.8. The van der Waals surface area contributed by atoms with E-state index in [2.05, 4.69) is 20.8 Å². The van der Waals surface area contributed by atoms with E-state index < -0.39 is 15.6 Å². The van der Waals surface area contributed by atoms with Crippen LogP contribution in [0, 0.1) is 5.41 Å². The van der Waals surface area contributed by atoms with Gasteiger partial charge in [0, 0.05) is 11.6 Å². The summed E-state index contributed by atoms with van der Waals surface area (Å²) in [4.78, 5) is 0. The van der Waals surface area contributed by atoms with Gasteiger partial charge in [-0.15, -0.1) is 0 Å². The maximum Gasteiger partial charge on any atom is 0.212 e. The largest absolute Gasteiger partial charge is 0.395 e. The zero-order valence-corrected chi connectivity index (χ0v) is 13.6. The van der Waals surface area contributed by atoms with E-state index in [1.54, 1.807) is 0 Å². The molecule has 0 aliphatic rings. The Labute approximate surface area is 112 Å². The van der Waals surface area contributed by atoms with Gasteiger partial charge in [-0.25, -0.2) is 8.42 Å². The molecule has 0 aliphatic heterocycles. The maximum atomic E-state index is 11.9. The van der Waals surface area contributed by atoms with Crippen LogP contribution in [-0.2, 0) is 10.0 Å². The Hall–Kier alpha value is -0.130. The monoisotopic (exact) mass is 279 g/mol. The highest BCUT2D eigenvalue weighted by Gasteiger charge is 2.36. The molecule has 0 heterocycles. The first-order valence-electron chi connectivity index (χ1n) is 6.39. The zero-order chi connectivity index (χ0) is 14.8. The molecule has 0 amide bonds. The first kappa shape index (κ1) is 17.9. The predicted octanol–water partition coefficient (Wildman–Crippen LogP) is 2.23. The van der Waals surface area contributed by atoms with E-state index in [9.17, 15) is 13.5 Å². The van der Waals surface area contributed by atoms with E-state index in [4.69, 9.17) is 0 Å². The van der Waals surface area contributed by atoms with Gasteiger partial charge in [0.15, 0.2) is 0 Å². The second-order valence-electron chi connectivity index (χ2n) is 7.17. The Morgan fingerprint density at radius 1 is 1.11 bits per heavy atom. The van der Waals surface area contributed by atoms with Crippen molar-refractivity contribution in [3.05, 3.63) is 0 Å². The minimum Gasteiger partial charge on any atom is -0.395 e. The number of aliphatic hydroxyl groups excluding tert-OH is 1. The number of nitrogens with zero attached hydrogens (tertiary/aromatic N) is 1. The van der Waals surface area contributed by atoms with Crippen LogP contribution in [0.4, 0.5) is 0 Å². The van der Waals surface area contributed by atoms with Gasteiger partial charge in [-0.05, 0) is 39.0 Å². The number of rotatable bonds is 5. The summed E-state index contributed by atoms with van der Waals surface area (Å²) in [6, 6.07) is -0.348. The minimum atomic E-state index is -3.33. The quantitative estimate of drug-likeness (QED) is 0.839. The fourth-order valence-corrected chi connectivity index (χ4v) is 3.91. The van der Waals surface area contributed by atoms with Crippen molar-refractivity contribution in [2.75, 3.05) is 12.9 Å². The molecule has 1 N–H and O–H groups in total. The van der Waals surface area contributed by atoms with Gasteiger partial charge in [-0.1, -0.05) is 20.8 Å². The molecule has 0 aromatic rings. The summed E-state index contributed by atoms with van der Waals surface area (Å²) in [5, 5.41) is 9.51. The smallest absolute Gasteiger partial charge is 0.212 e. The maximum absolute atomic E-state index is 11.9. The van der Waals surface area contributed by atoms with Crippen molar-refractivity contribution in [3.8, 4) is 0 Å². The van der Waals surface area contributed by atoms with Crippen LogP contribution in [0.1, 0.15) is 54.4 Å².